The lowest BCUT2D eigenvalue weighted by atomic mass is 9.89. The van der Waals surface area contributed by atoms with Crippen LogP contribution in [0.2, 0.25) is 0 Å². The van der Waals surface area contributed by atoms with Crippen molar-refractivity contribution >= 4 is 17.7 Å². The molecule has 0 radical (unpaired) electrons. The fraction of sp³-hybridized carbons (Fsp3) is 0.719. The van der Waals surface area contributed by atoms with E-state index < -0.39 is 0 Å². The number of amides is 3. The van der Waals surface area contributed by atoms with Crippen molar-refractivity contribution in [1.82, 2.24) is 14.7 Å². The summed E-state index contributed by atoms with van der Waals surface area (Å²) in [5.74, 6) is 0.511. The summed E-state index contributed by atoms with van der Waals surface area (Å²) in [6, 6.07) is 6.00. The smallest absolute Gasteiger partial charge is 0.253 e. The molecular weight excluding hydrogens is 474 g/mol. The van der Waals surface area contributed by atoms with E-state index in [1.807, 2.05) is 48.0 Å². The van der Waals surface area contributed by atoms with Crippen LogP contribution in [0.5, 0.6) is 0 Å². The van der Waals surface area contributed by atoms with Crippen LogP contribution in [-0.4, -0.2) is 72.2 Å². The van der Waals surface area contributed by atoms with Crippen LogP contribution in [0.25, 0.3) is 0 Å². The molecule has 0 spiro atoms. The lowest BCUT2D eigenvalue weighted by molar-refractivity contribution is -0.131. The molecule has 0 atom stereocenters. The Labute approximate surface area is 230 Å². The third-order valence-electron chi connectivity index (χ3n) is 9.40. The maximum Gasteiger partial charge on any atom is 0.253 e. The SMILES string of the molecule is CN(CC1CCCCC1)C(=O)c1cc(CC(=O)N(C)C2CCCCC2)cc(C(=O)N(C)C2CCCCC2)c1. The zero-order valence-corrected chi connectivity index (χ0v) is 24.1. The second-order valence-corrected chi connectivity index (χ2v) is 12.3. The Kier molecular flexibility index (Phi) is 10.3. The minimum Gasteiger partial charge on any atom is -0.342 e. The lowest BCUT2D eigenvalue weighted by Gasteiger charge is -2.32. The van der Waals surface area contributed by atoms with Crippen molar-refractivity contribution < 1.29 is 14.4 Å². The number of carbonyl (C=O) groups is 3. The van der Waals surface area contributed by atoms with Gasteiger partial charge in [0.05, 0.1) is 6.42 Å². The Morgan fingerprint density at radius 3 is 1.66 bits per heavy atom. The number of likely N-dealkylation sites (N-methyl/N-ethyl adjacent to an activating group) is 1. The normalized spacial score (nSPS) is 19.7. The Morgan fingerprint density at radius 2 is 1.11 bits per heavy atom. The molecule has 1 aromatic rings. The highest BCUT2D eigenvalue weighted by Crippen LogP contribution is 2.27. The lowest BCUT2D eigenvalue weighted by Crippen LogP contribution is -2.39. The van der Waals surface area contributed by atoms with Crippen LogP contribution in [0.3, 0.4) is 0 Å². The predicted molar refractivity (Wildman–Crippen MR) is 152 cm³/mol. The minimum atomic E-state index is -0.0557. The standard InChI is InChI=1S/C32H49N3O3/c1-33(23-24-13-7-4-8-14-24)31(37)26-19-25(21-30(36)34(2)28-15-9-5-10-16-28)20-27(22-26)32(38)35(3)29-17-11-6-12-18-29/h19-20,22,24,28-29H,4-18,21,23H2,1-3H3. The van der Waals surface area contributed by atoms with Gasteiger partial charge < -0.3 is 14.7 Å². The van der Waals surface area contributed by atoms with E-state index in [0.717, 1.165) is 50.6 Å². The molecule has 210 valence electrons. The van der Waals surface area contributed by atoms with Gasteiger partial charge in [-0.25, -0.2) is 0 Å². The molecule has 0 N–H and O–H groups in total. The molecule has 3 saturated carbocycles. The maximum atomic E-state index is 13.6. The molecule has 3 fully saturated rings. The second kappa shape index (κ2) is 13.6. The maximum absolute atomic E-state index is 13.6. The Hall–Kier alpha value is -2.37. The van der Waals surface area contributed by atoms with Gasteiger partial charge in [-0.15, -0.1) is 0 Å². The van der Waals surface area contributed by atoms with Crippen molar-refractivity contribution in [3.8, 4) is 0 Å². The monoisotopic (exact) mass is 523 g/mol. The minimum absolute atomic E-state index is 0.0455. The first-order valence-corrected chi connectivity index (χ1v) is 15.3. The number of hydrogen-bond donors (Lipinski definition) is 0. The van der Waals surface area contributed by atoms with Crippen LogP contribution in [0.1, 0.15) is 123 Å². The summed E-state index contributed by atoms with van der Waals surface area (Å²) in [5, 5.41) is 0. The van der Waals surface area contributed by atoms with E-state index in [4.69, 9.17) is 0 Å². The summed E-state index contributed by atoms with van der Waals surface area (Å²) < 4.78 is 0. The summed E-state index contributed by atoms with van der Waals surface area (Å²) in [5.41, 5.74) is 1.81. The molecule has 0 unspecified atom stereocenters. The molecule has 0 aliphatic heterocycles. The molecule has 6 nitrogen and oxygen atoms in total. The number of nitrogens with zero attached hydrogens (tertiary/aromatic N) is 3. The van der Waals surface area contributed by atoms with E-state index in [9.17, 15) is 14.4 Å². The Bertz CT molecular complexity index is 959. The van der Waals surface area contributed by atoms with Gasteiger partial charge >= 0.3 is 0 Å². The van der Waals surface area contributed by atoms with Gasteiger partial charge in [0.15, 0.2) is 0 Å². The third kappa shape index (κ3) is 7.39. The first kappa shape index (κ1) is 28.6. The first-order chi connectivity index (χ1) is 18.3. The number of carbonyl (C=O) groups excluding carboxylic acids is 3. The van der Waals surface area contributed by atoms with Crippen molar-refractivity contribution in [2.75, 3.05) is 27.7 Å². The molecular formula is C32H49N3O3. The molecule has 0 bridgehead atoms. The molecule has 3 aliphatic carbocycles. The van der Waals surface area contributed by atoms with Gasteiger partial charge in [0, 0.05) is 50.9 Å². The molecule has 0 aromatic heterocycles. The van der Waals surface area contributed by atoms with E-state index >= 15 is 0 Å². The van der Waals surface area contributed by atoms with E-state index in [2.05, 4.69) is 0 Å². The average Bonchev–Trinajstić information content (AvgIpc) is 2.96. The van der Waals surface area contributed by atoms with Crippen LogP contribution >= 0.6 is 0 Å². The molecule has 3 amide bonds. The van der Waals surface area contributed by atoms with Crippen molar-refractivity contribution in [1.29, 1.82) is 0 Å². The summed E-state index contributed by atoms with van der Waals surface area (Å²) in [7, 11) is 5.68. The summed E-state index contributed by atoms with van der Waals surface area (Å²) in [6.45, 7) is 0.748. The molecule has 1 aromatic carbocycles. The van der Waals surface area contributed by atoms with Gasteiger partial charge in [-0.2, -0.15) is 0 Å². The molecule has 6 heteroatoms. The van der Waals surface area contributed by atoms with E-state index in [0.29, 0.717) is 23.1 Å². The summed E-state index contributed by atoms with van der Waals surface area (Å²) in [6.07, 6.45) is 17.6. The highest BCUT2D eigenvalue weighted by atomic mass is 16.2. The summed E-state index contributed by atoms with van der Waals surface area (Å²) >= 11 is 0. The number of hydrogen-bond acceptors (Lipinski definition) is 3. The van der Waals surface area contributed by atoms with Gasteiger partial charge in [0.25, 0.3) is 11.8 Å². The Balaban J connectivity index is 1.55. The quantitative estimate of drug-likeness (QED) is 0.415. The van der Waals surface area contributed by atoms with Crippen molar-refractivity contribution in [2.24, 2.45) is 5.92 Å². The second-order valence-electron chi connectivity index (χ2n) is 12.3. The van der Waals surface area contributed by atoms with Gasteiger partial charge in [0.2, 0.25) is 5.91 Å². The number of benzene rings is 1. The van der Waals surface area contributed by atoms with Crippen LogP contribution in [0, 0.1) is 5.92 Å². The van der Waals surface area contributed by atoms with Crippen LogP contribution in [0.15, 0.2) is 18.2 Å². The topological polar surface area (TPSA) is 60.9 Å². The highest BCUT2D eigenvalue weighted by molar-refractivity contribution is 6.00. The van der Waals surface area contributed by atoms with Crippen molar-refractivity contribution in [2.45, 2.75) is 115 Å². The molecule has 3 aliphatic rings. The van der Waals surface area contributed by atoms with Gasteiger partial charge in [-0.1, -0.05) is 57.8 Å². The van der Waals surface area contributed by atoms with Crippen LogP contribution < -0.4 is 0 Å². The van der Waals surface area contributed by atoms with E-state index in [1.54, 1.807) is 6.07 Å². The predicted octanol–water partition coefficient (Wildman–Crippen LogP) is 6.08. The third-order valence-corrected chi connectivity index (χ3v) is 9.40. The van der Waals surface area contributed by atoms with Crippen molar-refractivity contribution in [3.63, 3.8) is 0 Å². The van der Waals surface area contributed by atoms with E-state index in [-0.39, 0.29) is 30.2 Å². The molecule has 0 heterocycles. The zero-order valence-electron chi connectivity index (χ0n) is 24.1. The van der Waals surface area contributed by atoms with Crippen LogP contribution in [0.4, 0.5) is 0 Å². The zero-order chi connectivity index (χ0) is 27.1. The van der Waals surface area contributed by atoms with Gasteiger partial charge in [0.1, 0.15) is 0 Å². The molecule has 38 heavy (non-hydrogen) atoms. The number of rotatable bonds is 8. The van der Waals surface area contributed by atoms with Gasteiger partial charge in [-0.3, -0.25) is 14.4 Å². The van der Waals surface area contributed by atoms with E-state index in [1.165, 1.54) is 57.8 Å². The molecule has 0 saturated heterocycles. The van der Waals surface area contributed by atoms with Gasteiger partial charge in [-0.05, 0) is 68.2 Å². The molecule has 4 rings (SSSR count). The largest absolute Gasteiger partial charge is 0.342 e. The first-order valence-electron chi connectivity index (χ1n) is 15.3. The fourth-order valence-corrected chi connectivity index (χ4v) is 6.91. The highest BCUT2D eigenvalue weighted by Gasteiger charge is 2.27. The Morgan fingerprint density at radius 1 is 0.632 bits per heavy atom. The van der Waals surface area contributed by atoms with Crippen molar-refractivity contribution in [3.05, 3.63) is 34.9 Å². The van der Waals surface area contributed by atoms with Crippen LogP contribution in [-0.2, 0) is 11.2 Å². The average molecular weight is 524 g/mol. The fourth-order valence-electron chi connectivity index (χ4n) is 6.91. The summed E-state index contributed by atoms with van der Waals surface area (Å²) in [4.78, 5) is 46.1.